The number of nitrogens with zero attached hydrogens (tertiary/aromatic N) is 1. The fourth-order valence-corrected chi connectivity index (χ4v) is 7.02. The molecule has 1 saturated carbocycles. The van der Waals surface area contributed by atoms with Crippen molar-refractivity contribution in [1.29, 1.82) is 0 Å². The first kappa shape index (κ1) is 15.0. The number of sulfonamides is 1. The zero-order valence-corrected chi connectivity index (χ0v) is 13.7. The topological polar surface area (TPSA) is 74.7 Å². The number of rotatable bonds is 3. The third-order valence-corrected chi connectivity index (χ3v) is 7.75. The van der Waals surface area contributed by atoms with E-state index >= 15 is 0 Å². The van der Waals surface area contributed by atoms with Crippen LogP contribution in [-0.4, -0.2) is 36.4 Å². The molecule has 1 N–H and O–H groups in total. The van der Waals surface area contributed by atoms with E-state index in [0.29, 0.717) is 6.54 Å². The summed E-state index contributed by atoms with van der Waals surface area (Å²) in [5.74, 6) is -0.851. The van der Waals surface area contributed by atoms with Gasteiger partial charge in [0.15, 0.2) is 0 Å². The molecule has 1 aromatic heterocycles. The van der Waals surface area contributed by atoms with Crippen LogP contribution in [0.25, 0.3) is 0 Å². The zero-order chi connectivity index (χ0) is 15.4. The second kappa shape index (κ2) is 5.07. The molecule has 1 aliphatic carbocycles. The molecule has 2 fully saturated rings. The zero-order valence-electron chi connectivity index (χ0n) is 12.1. The number of aliphatic carboxylic acids is 1. The number of thiophene rings is 1. The third-order valence-electron chi connectivity index (χ3n) is 4.68. The molecule has 3 rings (SSSR count). The normalized spacial score (nSPS) is 29.7. The Hall–Kier alpha value is -0.920. The summed E-state index contributed by atoms with van der Waals surface area (Å²) in [5, 5.41) is 9.51. The summed E-state index contributed by atoms with van der Waals surface area (Å²) in [4.78, 5) is 13.6. The number of carboxylic acid groups (broad SMARTS) is 1. The lowest BCUT2D eigenvalue weighted by atomic mass is 9.94. The summed E-state index contributed by atoms with van der Waals surface area (Å²) < 4.78 is 27.0. The van der Waals surface area contributed by atoms with Crippen molar-refractivity contribution in [3.8, 4) is 0 Å². The molecule has 0 amide bonds. The summed E-state index contributed by atoms with van der Waals surface area (Å²) in [6, 6.07) is 0.754. The molecule has 0 spiro atoms. The molecule has 116 valence electrons. The smallest absolute Gasteiger partial charge is 0.322 e. The van der Waals surface area contributed by atoms with E-state index in [-0.39, 0.29) is 16.7 Å². The van der Waals surface area contributed by atoms with Crippen molar-refractivity contribution in [2.75, 3.05) is 6.54 Å². The minimum absolute atomic E-state index is 0.0303. The Kier molecular flexibility index (Phi) is 3.62. The minimum atomic E-state index is -3.72. The van der Waals surface area contributed by atoms with Gasteiger partial charge >= 0.3 is 5.97 Å². The van der Waals surface area contributed by atoms with E-state index in [1.165, 1.54) is 15.6 Å². The molecule has 2 heterocycles. The molecule has 5 nitrogen and oxygen atoms in total. The van der Waals surface area contributed by atoms with E-state index in [1.54, 1.807) is 13.0 Å². The van der Waals surface area contributed by atoms with Gasteiger partial charge in [0.2, 0.25) is 10.0 Å². The molecule has 0 bridgehead atoms. The third kappa shape index (κ3) is 2.31. The van der Waals surface area contributed by atoms with Gasteiger partial charge in [0.25, 0.3) is 0 Å². The van der Waals surface area contributed by atoms with Crippen LogP contribution in [-0.2, 0) is 14.8 Å². The van der Waals surface area contributed by atoms with E-state index in [4.69, 9.17) is 0 Å². The lowest BCUT2D eigenvalue weighted by Crippen LogP contribution is -2.43. The Bertz CT molecular complexity index is 679. The molecule has 7 heteroatoms. The maximum Gasteiger partial charge on any atom is 0.322 e. The van der Waals surface area contributed by atoms with Crippen molar-refractivity contribution >= 4 is 27.3 Å². The first-order valence-corrected chi connectivity index (χ1v) is 9.39. The lowest BCUT2D eigenvalue weighted by molar-refractivity contribution is -0.142. The van der Waals surface area contributed by atoms with Crippen LogP contribution in [0.2, 0.25) is 0 Å². The predicted octanol–water partition coefficient (Wildman–Crippen LogP) is 2.24. The Morgan fingerprint density at radius 2 is 2.10 bits per heavy atom. The number of hydrogen-bond donors (Lipinski definition) is 1. The molecule has 2 aliphatic rings. The van der Waals surface area contributed by atoms with E-state index in [2.05, 4.69) is 0 Å². The van der Waals surface area contributed by atoms with Crippen LogP contribution in [0.1, 0.15) is 29.0 Å². The van der Waals surface area contributed by atoms with Gasteiger partial charge in [-0.05, 0) is 44.6 Å². The fourth-order valence-electron chi connectivity index (χ4n) is 3.81. The fraction of sp³-hybridized carbons (Fsp3) is 0.643. The quantitative estimate of drug-likeness (QED) is 0.923. The predicted molar refractivity (Wildman–Crippen MR) is 79.9 cm³/mol. The van der Waals surface area contributed by atoms with Gasteiger partial charge in [-0.15, -0.1) is 11.3 Å². The summed E-state index contributed by atoms with van der Waals surface area (Å²) >= 11 is 1.43. The van der Waals surface area contributed by atoms with Crippen molar-refractivity contribution in [3.63, 3.8) is 0 Å². The minimum Gasteiger partial charge on any atom is -0.480 e. The highest BCUT2D eigenvalue weighted by Crippen LogP contribution is 2.45. The molecule has 1 saturated heterocycles. The average Bonchev–Trinajstić information content (AvgIpc) is 3.01. The van der Waals surface area contributed by atoms with E-state index in [1.807, 2.05) is 6.92 Å². The largest absolute Gasteiger partial charge is 0.480 e. The van der Waals surface area contributed by atoms with Crippen LogP contribution >= 0.6 is 11.3 Å². The summed E-state index contributed by atoms with van der Waals surface area (Å²) in [5.41, 5.74) is 0. The Morgan fingerprint density at radius 1 is 1.38 bits per heavy atom. The van der Waals surface area contributed by atoms with Crippen LogP contribution in [0.3, 0.4) is 0 Å². The summed E-state index contributed by atoms with van der Waals surface area (Å²) in [6.45, 7) is 3.99. The van der Waals surface area contributed by atoms with Gasteiger partial charge in [0.1, 0.15) is 6.04 Å². The number of hydrogen-bond acceptors (Lipinski definition) is 4. The molecule has 0 aromatic carbocycles. The number of aryl methyl sites for hydroxylation is 2. The Labute approximate surface area is 128 Å². The highest BCUT2D eigenvalue weighted by Gasteiger charge is 2.52. The number of fused-ring (bicyclic) bond motifs is 1. The summed E-state index contributed by atoms with van der Waals surface area (Å²) in [7, 11) is -3.72. The van der Waals surface area contributed by atoms with Gasteiger partial charge in [-0.3, -0.25) is 4.79 Å². The van der Waals surface area contributed by atoms with Gasteiger partial charge in [-0.1, -0.05) is 6.42 Å². The molecule has 3 unspecified atom stereocenters. The van der Waals surface area contributed by atoms with Crippen molar-refractivity contribution in [1.82, 2.24) is 4.31 Å². The Morgan fingerprint density at radius 3 is 2.67 bits per heavy atom. The van der Waals surface area contributed by atoms with Gasteiger partial charge in [-0.2, -0.15) is 4.31 Å². The molecule has 21 heavy (non-hydrogen) atoms. The lowest BCUT2D eigenvalue weighted by Gasteiger charge is -2.23. The molecular formula is C14H19NO4S2. The number of carbonyl (C=O) groups is 1. The second-order valence-corrected chi connectivity index (χ2v) is 9.31. The van der Waals surface area contributed by atoms with Gasteiger partial charge in [0, 0.05) is 16.3 Å². The van der Waals surface area contributed by atoms with Crippen molar-refractivity contribution in [2.24, 2.45) is 11.8 Å². The molecular weight excluding hydrogens is 310 g/mol. The van der Waals surface area contributed by atoms with Crippen molar-refractivity contribution in [3.05, 3.63) is 15.8 Å². The molecule has 1 aliphatic heterocycles. The second-order valence-electron chi connectivity index (χ2n) is 5.99. The van der Waals surface area contributed by atoms with Crippen molar-refractivity contribution < 1.29 is 18.3 Å². The SMILES string of the molecule is Cc1cc(S(=O)(=O)N2CC3CCCC3C2C(=O)O)c(C)s1. The molecule has 3 atom stereocenters. The highest BCUT2D eigenvalue weighted by molar-refractivity contribution is 7.89. The van der Waals surface area contributed by atoms with Crippen LogP contribution in [0.4, 0.5) is 0 Å². The van der Waals surface area contributed by atoms with Crippen LogP contribution < -0.4 is 0 Å². The molecule has 1 aromatic rings. The maximum atomic E-state index is 12.9. The highest BCUT2D eigenvalue weighted by atomic mass is 32.2. The maximum absolute atomic E-state index is 12.9. The average molecular weight is 329 g/mol. The molecule has 0 radical (unpaired) electrons. The van der Waals surface area contributed by atoms with E-state index < -0.39 is 22.0 Å². The summed E-state index contributed by atoms with van der Waals surface area (Å²) in [6.07, 6.45) is 2.75. The van der Waals surface area contributed by atoms with Crippen LogP contribution in [0.15, 0.2) is 11.0 Å². The standard InChI is InChI=1S/C14H19NO4S2/c1-8-6-12(9(2)20-8)21(18,19)15-7-10-4-3-5-11(10)13(15)14(16)17/h6,10-11,13H,3-5,7H2,1-2H3,(H,16,17). The monoisotopic (exact) mass is 329 g/mol. The van der Waals surface area contributed by atoms with E-state index in [9.17, 15) is 18.3 Å². The first-order chi connectivity index (χ1) is 9.82. The van der Waals surface area contributed by atoms with Gasteiger partial charge in [0.05, 0.1) is 4.90 Å². The van der Waals surface area contributed by atoms with Gasteiger partial charge in [-0.25, -0.2) is 8.42 Å². The van der Waals surface area contributed by atoms with Crippen molar-refractivity contribution in [2.45, 2.75) is 44.0 Å². The van der Waals surface area contributed by atoms with E-state index in [0.717, 1.165) is 29.0 Å². The number of carboxylic acids is 1. The van der Waals surface area contributed by atoms with Crippen LogP contribution in [0.5, 0.6) is 0 Å². The van der Waals surface area contributed by atoms with Crippen LogP contribution in [0, 0.1) is 25.7 Å². The Balaban J connectivity index is 2.02. The first-order valence-electron chi connectivity index (χ1n) is 7.14. The van der Waals surface area contributed by atoms with Gasteiger partial charge < -0.3 is 5.11 Å².